The molecule has 1 aliphatic heterocycles. The molecule has 2 heterocycles. The van der Waals surface area contributed by atoms with Crippen LogP contribution in [0.2, 0.25) is 5.02 Å². The molecule has 0 aliphatic carbocycles. The van der Waals surface area contributed by atoms with E-state index in [1.165, 1.54) is 5.56 Å². The van der Waals surface area contributed by atoms with Gasteiger partial charge in [0.2, 0.25) is 5.91 Å². The summed E-state index contributed by atoms with van der Waals surface area (Å²) in [5, 5.41) is 0.766. The predicted octanol–water partition coefficient (Wildman–Crippen LogP) is 3.60. The van der Waals surface area contributed by atoms with Crippen molar-refractivity contribution in [3.05, 3.63) is 65.4 Å². The first-order valence-corrected chi connectivity index (χ1v) is 9.67. The van der Waals surface area contributed by atoms with Crippen LogP contribution >= 0.6 is 11.6 Å². The SMILES string of the molecule is CC(C(=O)N1CCN(Cc2cccc(Cl)c2)CC1)n1cnc2ccccc21. The molecule has 1 aliphatic rings. The number of carbonyl (C=O) groups is 1. The Kier molecular flexibility index (Phi) is 5.14. The molecule has 1 atom stereocenters. The number of nitrogens with zero attached hydrogens (tertiary/aromatic N) is 4. The van der Waals surface area contributed by atoms with Crippen molar-refractivity contribution in [1.29, 1.82) is 0 Å². The topological polar surface area (TPSA) is 41.4 Å². The molecule has 2 aromatic carbocycles. The number of halogens is 1. The summed E-state index contributed by atoms with van der Waals surface area (Å²) in [6.45, 7) is 6.05. The highest BCUT2D eigenvalue weighted by Gasteiger charge is 2.26. The average Bonchev–Trinajstić information content (AvgIpc) is 3.12. The lowest BCUT2D eigenvalue weighted by Crippen LogP contribution is -2.49. The summed E-state index contributed by atoms with van der Waals surface area (Å²) in [5.74, 6) is 0.153. The average molecular weight is 383 g/mol. The van der Waals surface area contributed by atoms with Crippen molar-refractivity contribution in [2.45, 2.75) is 19.5 Å². The third-order valence-electron chi connectivity index (χ3n) is 5.23. The minimum Gasteiger partial charge on any atom is -0.338 e. The van der Waals surface area contributed by atoms with E-state index >= 15 is 0 Å². The normalized spacial score (nSPS) is 16.6. The van der Waals surface area contributed by atoms with Crippen LogP contribution in [0.3, 0.4) is 0 Å². The van der Waals surface area contributed by atoms with Crippen LogP contribution in [0.4, 0.5) is 0 Å². The summed E-state index contributed by atoms with van der Waals surface area (Å²) >= 11 is 6.07. The lowest BCUT2D eigenvalue weighted by Gasteiger charge is -2.36. The van der Waals surface area contributed by atoms with Crippen LogP contribution in [-0.2, 0) is 11.3 Å². The second-order valence-electron chi connectivity index (χ2n) is 7.05. The number of hydrogen-bond acceptors (Lipinski definition) is 3. The number of para-hydroxylation sites is 2. The van der Waals surface area contributed by atoms with Gasteiger partial charge in [-0.2, -0.15) is 0 Å². The van der Waals surface area contributed by atoms with E-state index in [0.717, 1.165) is 48.8 Å². The van der Waals surface area contributed by atoms with E-state index in [9.17, 15) is 4.79 Å². The Morgan fingerprint density at radius 1 is 1.11 bits per heavy atom. The highest BCUT2D eigenvalue weighted by Crippen LogP contribution is 2.20. The zero-order valence-electron chi connectivity index (χ0n) is 15.4. The fourth-order valence-electron chi connectivity index (χ4n) is 3.69. The standard InChI is InChI=1S/C21H23ClN4O/c1-16(26-15-23-19-7-2-3-8-20(19)26)21(27)25-11-9-24(10-12-25)14-17-5-4-6-18(22)13-17/h2-8,13,15-16H,9-12,14H2,1H3. The Balaban J connectivity index is 1.38. The summed E-state index contributed by atoms with van der Waals surface area (Å²) in [6, 6.07) is 15.6. The number of amides is 1. The molecule has 0 spiro atoms. The second kappa shape index (κ2) is 7.71. The molecule has 0 N–H and O–H groups in total. The van der Waals surface area contributed by atoms with E-state index in [1.807, 2.05) is 58.9 Å². The quantitative estimate of drug-likeness (QED) is 0.692. The van der Waals surface area contributed by atoms with Crippen LogP contribution in [-0.4, -0.2) is 51.4 Å². The first kappa shape index (κ1) is 18.0. The Morgan fingerprint density at radius 3 is 2.67 bits per heavy atom. The number of imidazole rings is 1. The smallest absolute Gasteiger partial charge is 0.245 e. The lowest BCUT2D eigenvalue weighted by molar-refractivity contribution is -0.136. The largest absolute Gasteiger partial charge is 0.338 e. The molecule has 0 saturated carbocycles. The van der Waals surface area contributed by atoms with Gasteiger partial charge in [-0.05, 0) is 36.8 Å². The van der Waals surface area contributed by atoms with Crippen LogP contribution in [0, 0.1) is 0 Å². The van der Waals surface area contributed by atoms with E-state index in [-0.39, 0.29) is 11.9 Å². The number of fused-ring (bicyclic) bond motifs is 1. The predicted molar refractivity (Wildman–Crippen MR) is 108 cm³/mol. The molecule has 1 unspecified atom stereocenters. The highest BCUT2D eigenvalue weighted by molar-refractivity contribution is 6.30. The molecule has 0 radical (unpaired) electrons. The molecular weight excluding hydrogens is 360 g/mol. The summed E-state index contributed by atoms with van der Waals surface area (Å²) in [4.78, 5) is 21.7. The molecule has 27 heavy (non-hydrogen) atoms. The third-order valence-corrected chi connectivity index (χ3v) is 5.47. The van der Waals surface area contributed by atoms with Crippen molar-refractivity contribution < 1.29 is 4.79 Å². The van der Waals surface area contributed by atoms with Crippen LogP contribution < -0.4 is 0 Å². The Bertz CT molecular complexity index is 946. The Hall–Kier alpha value is -2.37. The monoisotopic (exact) mass is 382 g/mol. The van der Waals surface area contributed by atoms with Gasteiger partial charge in [-0.3, -0.25) is 9.69 Å². The minimum atomic E-state index is -0.253. The van der Waals surface area contributed by atoms with Crippen LogP contribution in [0.5, 0.6) is 0 Å². The summed E-state index contributed by atoms with van der Waals surface area (Å²) in [7, 11) is 0. The van der Waals surface area contributed by atoms with Gasteiger partial charge in [0.25, 0.3) is 0 Å². The van der Waals surface area contributed by atoms with Crippen molar-refractivity contribution in [1.82, 2.24) is 19.4 Å². The van der Waals surface area contributed by atoms with Crippen molar-refractivity contribution in [3.8, 4) is 0 Å². The fourth-order valence-corrected chi connectivity index (χ4v) is 3.90. The number of carbonyl (C=O) groups excluding carboxylic acids is 1. The van der Waals surface area contributed by atoms with E-state index in [4.69, 9.17) is 11.6 Å². The molecule has 3 aromatic rings. The second-order valence-corrected chi connectivity index (χ2v) is 7.48. The van der Waals surface area contributed by atoms with Gasteiger partial charge >= 0.3 is 0 Å². The maximum Gasteiger partial charge on any atom is 0.245 e. The Labute approximate surface area is 164 Å². The maximum atomic E-state index is 13.0. The van der Waals surface area contributed by atoms with Crippen molar-refractivity contribution in [2.24, 2.45) is 0 Å². The van der Waals surface area contributed by atoms with Gasteiger partial charge in [0.05, 0.1) is 17.4 Å². The van der Waals surface area contributed by atoms with Crippen molar-refractivity contribution in [2.75, 3.05) is 26.2 Å². The van der Waals surface area contributed by atoms with Crippen molar-refractivity contribution >= 4 is 28.5 Å². The Morgan fingerprint density at radius 2 is 1.89 bits per heavy atom. The van der Waals surface area contributed by atoms with Crippen LogP contribution in [0.25, 0.3) is 11.0 Å². The minimum absolute atomic E-state index is 0.153. The van der Waals surface area contributed by atoms with E-state index in [1.54, 1.807) is 6.33 Å². The van der Waals surface area contributed by atoms with Gasteiger partial charge in [0.1, 0.15) is 6.04 Å². The van der Waals surface area contributed by atoms with E-state index in [0.29, 0.717) is 0 Å². The third kappa shape index (κ3) is 3.84. The van der Waals surface area contributed by atoms with Gasteiger partial charge < -0.3 is 9.47 Å². The molecule has 1 saturated heterocycles. The maximum absolute atomic E-state index is 13.0. The first-order chi connectivity index (χ1) is 13.1. The van der Waals surface area contributed by atoms with E-state index < -0.39 is 0 Å². The summed E-state index contributed by atoms with van der Waals surface area (Å²) in [5.41, 5.74) is 3.13. The summed E-state index contributed by atoms with van der Waals surface area (Å²) < 4.78 is 1.97. The summed E-state index contributed by atoms with van der Waals surface area (Å²) in [6.07, 6.45) is 1.77. The zero-order valence-corrected chi connectivity index (χ0v) is 16.1. The molecule has 1 aromatic heterocycles. The number of piperazine rings is 1. The number of hydrogen-bond donors (Lipinski definition) is 0. The number of rotatable bonds is 4. The molecule has 1 amide bonds. The molecule has 0 bridgehead atoms. The van der Waals surface area contributed by atoms with Crippen LogP contribution in [0.15, 0.2) is 54.9 Å². The molecule has 5 nitrogen and oxygen atoms in total. The number of benzene rings is 2. The molecular formula is C21H23ClN4O. The molecule has 4 rings (SSSR count). The lowest BCUT2D eigenvalue weighted by atomic mass is 10.2. The van der Waals surface area contributed by atoms with Gasteiger partial charge in [-0.25, -0.2) is 4.98 Å². The van der Waals surface area contributed by atoms with Gasteiger partial charge in [-0.1, -0.05) is 35.9 Å². The van der Waals surface area contributed by atoms with Gasteiger partial charge in [0, 0.05) is 37.7 Å². The fraction of sp³-hybridized carbons (Fsp3) is 0.333. The van der Waals surface area contributed by atoms with Crippen LogP contribution in [0.1, 0.15) is 18.5 Å². The first-order valence-electron chi connectivity index (χ1n) is 9.29. The molecule has 1 fully saturated rings. The molecule has 140 valence electrons. The van der Waals surface area contributed by atoms with E-state index in [2.05, 4.69) is 16.0 Å². The van der Waals surface area contributed by atoms with Gasteiger partial charge in [-0.15, -0.1) is 0 Å². The highest BCUT2D eigenvalue weighted by atomic mass is 35.5. The molecule has 6 heteroatoms. The van der Waals surface area contributed by atoms with Crippen molar-refractivity contribution in [3.63, 3.8) is 0 Å². The van der Waals surface area contributed by atoms with Gasteiger partial charge in [0.15, 0.2) is 0 Å². The number of aromatic nitrogens is 2. The zero-order chi connectivity index (χ0) is 18.8.